The minimum atomic E-state index is -1.26. The molecule has 1 aromatic carbocycles. The lowest BCUT2D eigenvalue weighted by Gasteiger charge is -2.04. The maximum Gasteiger partial charge on any atom is 0.336 e. The molecular weight excluding hydrogens is 204 g/mol. The second-order valence-corrected chi connectivity index (χ2v) is 2.68. The van der Waals surface area contributed by atoms with E-state index in [1.54, 1.807) is 0 Å². The van der Waals surface area contributed by atoms with Crippen molar-refractivity contribution in [1.29, 1.82) is 0 Å². The molecule has 1 aromatic rings. The van der Waals surface area contributed by atoms with Crippen molar-refractivity contribution in [3.8, 4) is 0 Å². The fraction of sp³-hybridized carbons (Fsp3) is 0.125. The molecule has 0 bridgehead atoms. The molecule has 3 N–H and O–H groups in total. The molecule has 0 saturated heterocycles. The van der Waals surface area contributed by atoms with E-state index < -0.39 is 10.9 Å². The summed E-state index contributed by atoms with van der Waals surface area (Å²) in [5.74, 6) is 3.52. The van der Waals surface area contributed by atoms with Gasteiger partial charge in [-0.1, -0.05) is 6.07 Å². The lowest BCUT2D eigenvalue weighted by molar-refractivity contribution is -0.386. The van der Waals surface area contributed by atoms with Crippen molar-refractivity contribution in [2.75, 3.05) is 0 Å². The van der Waals surface area contributed by atoms with Crippen molar-refractivity contribution in [3.63, 3.8) is 0 Å². The largest absolute Gasteiger partial charge is 0.478 e. The number of nitrogens with two attached hydrogens (primary N) is 1. The predicted molar refractivity (Wildman–Crippen MR) is 49.0 cm³/mol. The minimum absolute atomic E-state index is 0.0440. The molecule has 0 aliphatic rings. The molecule has 0 fully saturated rings. The van der Waals surface area contributed by atoms with Crippen LogP contribution in [0.5, 0.6) is 0 Å². The Balaban J connectivity index is 3.34. The van der Waals surface area contributed by atoms with Crippen molar-refractivity contribution in [2.24, 2.45) is 5.90 Å². The Morgan fingerprint density at radius 3 is 2.73 bits per heavy atom. The van der Waals surface area contributed by atoms with Gasteiger partial charge in [0.25, 0.3) is 5.69 Å². The summed E-state index contributed by atoms with van der Waals surface area (Å²) in [6.45, 7) is -0.321. The fourth-order valence-electron chi connectivity index (χ4n) is 1.18. The van der Waals surface area contributed by atoms with E-state index in [4.69, 9.17) is 11.0 Å². The van der Waals surface area contributed by atoms with Crippen LogP contribution in [0.15, 0.2) is 18.2 Å². The van der Waals surface area contributed by atoms with E-state index in [1.165, 1.54) is 18.2 Å². The molecule has 1 rings (SSSR count). The number of nitro groups is 1. The molecule has 0 heterocycles. The Hall–Kier alpha value is -1.99. The third kappa shape index (κ3) is 2.27. The molecular formula is C8H8N2O5. The topological polar surface area (TPSA) is 116 Å². The standard InChI is InChI=1S/C8H8N2O5/c9-15-4-6-5(8(11)12)2-1-3-7(6)10(13)14/h1-3H,4,9H2,(H,11,12). The average Bonchev–Trinajstić information content (AvgIpc) is 2.17. The SMILES string of the molecule is NOCc1c(C(=O)O)cccc1[N+](=O)[O-]. The predicted octanol–water partition coefficient (Wildman–Crippen LogP) is 0.683. The quantitative estimate of drug-likeness (QED) is 0.560. The van der Waals surface area contributed by atoms with Crippen LogP contribution >= 0.6 is 0 Å². The molecule has 7 nitrogen and oxygen atoms in total. The minimum Gasteiger partial charge on any atom is -0.478 e. The monoisotopic (exact) mass is 212 g/mol. The highest BCUT2D eigenvalue weighted by Crippen LogP contribution is 2.22. The average molecular weight is 212 g/mol. The zero-order chi connectivity index (χ0) is 11.4. The summed E-state index contributed by atoms with van der Waals surface area (Å²) in [5.41, 5.74) is -0.549. The third-order valence-electron chi connectivity index (χ3n) is 1.81. The summed E-state index contributed by atoms with van der Waals surface area (Å²) in [5, 5.41) is 19.4. The third-order valence-corrected chi connectivity index (χ3v) is 1.81. The van der Waals surface area contributed by atoms with E-state index >= 15 is 0 Å². The molecule has 0 unspecified atom stereocenters. The number of carboxylic acid groups (broad SMARTS) is 1. The maximum absolute atomic E-state index is 10.8. The van der Waals surface area contributed by atoms with Crippen LogP contribution in [0, 0.1) is 10.1 Å². The molecule has 0 aliphatic heterocycles. The van der Waals surface area contributed by atoms with Crippen LogP contribution in [0.4, 0.5) is 5.69 Å². The van der Waals surface area contributed by atoms with Gasteiger partial charge >= 0.3 is 5.97 Å². The van der Waals surface area contributed by atoms with Crippen LogP contribution in [-0.2, 0) is 11.4 Å². The number of nitrogens with zero attached hydrogens (tertiary/aromatic N) is 1. The van der Waals surface area contributed by atoms with Gasteiger partial charge in [-0.2, -0.15) is 0 Å². The fourth-order valence-corrected chi connectivity index (χ4v) is 1.18. The zero-order valence-corrected chi connectivity index (χ0v) is 7.54. The van der Waals surface area contributed by atoms with Gasteiger partial charge in [0.2, 0.25) is 0 Å². The van der Waals surface area contributed by atoms with E-state index in [9.17, 15) is 14.9 Å². The molecule has 15 heavy (non-hydrogen) atoms. The summed E-state index contributed by atoms with van der Waals surface area (Å²) in [6.07, 6.45) is 0. The summed E-state index contributed by atoms with van der Waals surface area (Å²) in [6, 6.07) is 3.74. The molecule has 7 heteroatoms. The molecule has 0 amide bonds. The Kier molecular flexibility index (Phi) is 3.32. The lowest BCUT2D eigenvalue weighted by atomic mass is 10.1. The van der Waals surface area contributed by atoms with E-state index in [-0.39, 0.29) is 23.4 Å². The molecule has 0 saturated carbocycles. The van der Waals surface area contributed by atoms with Gasteiger partial charge in [0.15, 0.2) is 0 Å². The number of aromatic carboxylic acids is 1. The van der Waals surface area contributed by atoms with Crippen molar-refractivity contribution in [2.45, 2.75) is 6.61 Å². The summed E-state index contributed by atoms with van der Waals surface area (Å²) >= 11 is 0. The molecule has 0 radical (unpaired) electrons. The van der Waals surface area contributed by atoms with Crippen LogP contribution < -0.4 is 5.90 Å². The zero-order valence-electron chi connectivity index (χ0n) is 7.54. The van der Waals surface area contributed by atoms with Gasteiger partial charge in [0, 0.05) is 6.07 Å². The lowest BCUT2D eigenvalue weighted by Crippen LogP contribution is -2.09. The van der Waals surface area contributed by atoms with Crippen molar-refractivity contribution >= 4 is 11.7 Å². The van der Waals surface area contributed by atoms with Gasteiger partial charge in [-0.3, -0.25) is 15.0 Å². The number of benzene rings is 1. The van der Waals surface area contributed by atoms with E-state index in [0.717, 1.165) is 0 Å². The summed E-state index contributed by atoms with van der Waals surface area (Å²) in [7, 11) is 0. The van der Waals surface area contributed by atoms with Gasteiger partial charge in [0.05, 0.1) is 16.1 Å². The normalized spacial score (nSPS) is 9.93. The van der Waals surface area contributed by atoms with Crippen molar-refractivity contribution in [1.82, 2.24) is 0 Å². The number of nitro benzene ring substituents is 1. The summed E-state index contributed by atoms with van der Waals surface area (Å²) < 4.78 is 0. The first-order valence-corrected chi connectivity index (χ1v) is 3.89. The number of hydrogen-bond donors (Lipinski definition) is 2. The van der Waals surface area contributed by atoms with E-state index in [1.807, 2.05) is 0 Å². The van der Waals surface area contributed by atoms with Crippen LogP contribution in [-0.4, -0.2) is 16.0 Å². The summed E-state index contributed by atoms with van der Waals surface area (Å²) in [4.78, 5) is 24.9. The molecule has 0 spiro atoms. The molecule has 0 aliphatic carbocycles. The van der Waals surface area contributed by atoms with Gasteiger partial charge in [-0.15, -0.1) is 0 Å². The van der Waals surface area contributed by atoms with Crippen LogP contribution in [0.2, 0.25) is 0 Å². The highest BCUT2D eigenvalue weighted by Gasteiger charge is 2.20. The number of hydrogen-bond acceptors (Lipinski definition) is 5. The first kappa shape index (κ1) is 11.1. The van der Waals surface area contributed by atoms with Gasteiger partial charge < -0.3 is 5.11 Å². The molecule has 0 aromatic heterocycles. The smallest absolute Gasteiger partial charge is 0.336 e. The van der Waals surface area contributed by atoms with Gasteiger partial charge in [-0.05, 0) is 6.07 Å². The van der Waals surface area contributed by atoms with E-state index in [0.29, 0.717) is 0 Å². The van der Waals surface area contributed by atoms with Crippen molar-refractivity contribution in [3.05, 3.63) is 39.4 Å². The highest BCUT2D eigenvalue weighted by molar-refractivity contribution is 5.90. The molecule has 0 atom stereocenters. The first-order valence-electron chi connectivity index (χ1n) is 3.89. The number of carbonyl (C=O) groups is 1. The Morgan fingerprint density at radius 1 is 1.60 bits per heavy atom. The number of rotatable bonds is 4. The first-order chi connectivity index (χ1) is 7.07. The Labute approximate surface area is 84.2 Å². The Bertz CT molecular complexity index is 372. The second kappa shape index (κ2) is 4.49. The van der Waals surface area contributed by atoms with Crippen LogP contribution in [0.25, 0.3) is 0 Å². The molecule has 80 valence electrons. The maximum atomic E-state index is 10.8. The number of carboxylic acids is 1. The highest BCUT2D eigenvalue weighted by atomic mass is 16.6. The van der Waals surface area contributed by atoms with Gasteiger partial charge in [0.1, 0.15) is 6.61 Å². The second-order valence-electron chi connectivity index (χ2n) is 2.68. The van der Waals surface area contributed by atoms with Crippen LogP contribution in [0.3, 0.4) is 0 Å². The van der Waals surface area contributed by atoms with Crippen molar-refractivity contribution < 1.29 is 19.7 Å². The van der Waals surface area contributed by atoms with E-state index in [2.05, 4.69) is 4.84 Å². The van der Waals surface area contributed by atoms with Crippen LogP contribution in [0.1, 0.15) is 15.9 Å². The van der Waals surface area contributed by atoms with Gasteiger partial charge in [-0.25, -0.2) is 10.7 Å². The Morgan fingerprint density at radius 2 is 2.27 bits per heavy atom.